The number of carbonyl (C=O) groups excluding carboxylic acids is 2. The summed E-state index contributed by atoms with van der Waals surface area (Å²) in [6.07, 6.45) is 4.96. The molecule has 0 bridgehead atoms. The number of aromatic nitrogens is 1. The van der Waals surface area contributed by atoms with Crippen molar-refractivity contribution in [3.8, 4) is 0 Å². The molecule has 2 aromatic rings. The molecule has 30 heavy (non-hydrogen) atoms. The van der Waals surface area contributed by atoms with E-state index in [4.69, 9.17) is 0 Å². The van der Waals surface area contributed by atoms with Crippen LogP contribution in [0, 0.1) is 24.6 Å². The van der Waals surface area contributed by atoms with E-state index in [0.717, 1.165) is 24.1 Å². The molecule has 4 rings (SSSR count). The van der Waals surface area contributed by atoms with Gasteiger partial charge in [0.1, 0.15) is 5.82 Å². The minimum Gasteiger partial charge on any atom is -0.355 e. The second kappa shape index (κ2) is 8.94. The van der Waals surface area contributed by atoms with Gasteiger partial charge in [0, 0.05) is 49.8 Å². The minimum absolute atomic E-state index is 0.0249. The van der Waals surface area contributed by atoms with E-state index in [1.807, 2.05) is 29.2 Å². The van der Waals surface area contributed by atoms with E-state index in [-0.39, 0.29) is 35.4 Å². The van der Waals surface area contributed by atoms with Gasteiger partial charge in [-0.3, -0.25) is 14.6 Å². The average Bonchev–Trinajstić information content (AvgIpc) is 3.61. The summed E-state index contributed by atoms with van der Waals surface area (Å²) in [5.74, 6) is -0.212. The number of likely N-dealkylation sites (tertiary alicyclic amines) is 1. The molecule has 2 atom stereocenters. The molecule has 2 aliphatic rings. The number of nitrogens with one attached hydrogen (secondary N) is 1. The number of halogens is 1. The molecule has 1 saturated carbocycles. The first-order valence-corrected chi connectivity index (χ1v) is 10.7. The zero-order valence-electron chi connectivity index (χ0n) is 17.3. The van der Waals surface area contributed by atoms with Gasteiger partial charge in [-0.25, -0.2) is 4.39 Å². The highest BCUT2D eigenvalue weighted by Gasteiger charge is 2.39. The van der Waals surface area contributed by atoms with Crippen LogP contribution in [0.2, 0.25) is 0 Å². The summed E-state index contributed by atoms with van der Waals surface area (Å²) >= 11 is 0. The third kappa shape index (κ3) is 4.86. The van der Waals surface area contributed by atoms with Gasteiger partial charge in [0.25, 0.3) is 0 Å². The van der Waals surface area contributed by atoms with Gasteiger partial charge in [0.2, 0.25) is 11.8 Å². The first kappa shape index (κ1) is 20.5. The van der Waals surface area contributed by atoms with Crippen LogP contribution in [0.25, 0.3) is 0 Å². The summed E-state index contributed by atoms with van der Waals surface area (Å²) in [4.78, 5) is 31.8. The lowest BCUT2D eigenvalue weighted by atomic mass is 9.83. The smallest absolute Gasteiger partial charge is 0.225 e. The van der Waals surface area contributed by atoms with Crippen LogP contribution in [0.5, 0.6) is 0 Å². The van der Waals surface area contributed by atoms with Gasteiger partial charge in [0.05, 0.1) is 5.92 Å². The van der Waals surface area contributed by atoms with E-state index in [1.54, 1.807) is 19.2 Å². The maximum atomic E-state index is 13.7. The van der Waals surface area contributed by atoms with Gasteiger partial charge < -0.3 is 10.2 Å². The standard InChI is InChI=1S/C24H28FN3O2/c1-16-12-18(7-8-22(16)25)19-13-20(15-28(14-19)24(30)17-5-6-17)23(29)27-11-9-21-4-2-3-10-26-21/h2-4,7-8,10,12,17,19-20H,5-6,9,11,13-15H2,1H3,(H,27,29). The number of rotatable bonds is 6. The first-order chi connectivity index (χ1) is 14.5. The maximum absolute atomic E-state index is 13.7. The minimum atomic E-state index is -0.263. The number of amides is 2. The number of hydrogen-bond acceptors (Lipinski definition) is 3. The van der Waals surface area contributed by atoms with Crippen molar-refractivity contribution in [1.29, 1.82) is 0 Å². The molecule has 0 radical (unpaired) electrons. The van der Waals surface area contributed by atoms with E-state index in [1.165, 1.54) is 6.07 Å². The Bertz CT molecular complexity index is 914. The van der Waals surface area contributed by atoms with Crippen molar-refractivity contribution in [3.05, 3.63) is 65.2 Å². The molecule has 2 amide bonds. The molecule has 1 aliphatic heterocycles. The molecule has 5 nitrogen and oxygen atoms in total. The van der Waals surface area contributed by atoms with Gasteiger partial charge >= 0.3 is 0 Å². The van der Waals surface area contributed by atoms with Crippen molar-refractivity contribution in [3.63, 3.8) is 0 Å². The van der Waals surface area contributed by atoms with Crippen molar-refractivity contribution in [2.24, 2.45) is 11.8 Å². The summed E-state index contributed by atoms with van der Waals surface area (Å²) in [5, 5.41) is 3.02. The molecule has 2 heterocycles. The zero-order valence-corrected chi connectivity index (χ0v) is 17.3. The third-order valence-electron chi connectivity index (χ3n) is 6.12. The largest absolute Gasteiger partial charge is 0.355 e. The van der Waals surface area contributed by atoms with Gasteiger partial charge in [0.15, 0.2) is 0 Å². The molecule has 1 N–H and O–H groups in total. The number of benzene rings is 1. The molecule has 1 saturated heterocycles. The van der Waals surface area contributed by atoms with Crippen molar-refractivity contribution in [1.82, 2.24) is 15.2 Å². The maximum Gasteiger partial charge on any atom is 0.225 e. The summed E-state index contributed by atoms with van der Waals surface area (Å²) in [5.41, 5.74) is 2.52. The number of piperidine rings is 1. The van der Waals surface area contributed by atoms with Crippen LogP contribution in [0.3, 0.4) is 0 Å². The second-order valence-electron chi connectivity index (χ2n) is 8.52. The van der Waals surface area contributed by atoms with Crippen LogP contribution in [0.1, 0.15) is 42.0 Å². The average molecular weight is 410 g/mol. The van der Waals surface area contributed by atoms with Crippen molar-refractivity contribution >= 4 is 11.8 Å². The Balaban J connectivity index is 1.44. The number of aryl methyl sites for hydroxylation is 1. The van der Waals surface area contributed by atoms with Gasteiger partial charge in [-0.05, 0) is 55.5 Å². The molecule has 2 fully saturated rings. The van der Waals surface area contributed by atoms with Crippen LogP contribution in [0.15, 0.2) is 42.6 Å². The predicted octanol–water partition coefficient (Wildman–Crippen LogP) is 3.23. The highest BCUT2D eigenvalue weighted by atomic mass is 19.1. The molecular weight excluding hydrogens is 381 g/mol. The lowest BCUT2D eigenvalue weighted by Gasteiger charge is -2.37. The van der Waals surface area contributed by atoms with Gasteiger partial charge in [-0.2, -0.15) is 0 Å². The molecule has 158 valence electrons. The Labute approximate surface area is 176 Å². The normalized spacial score (nSPS) is 21.3. The summed E-state index contributed by atoms with van der Waals surface area (Å²) in [6, 6.07) is 10.9. The Kier molecular flexibility index (Phi) is 6.11. The molecule has 6 heteroatoms. The first-order valence-electron chi connectivity index (χ1n) is 10.7. The number of pyridine rings is 1. The van der Waals surface area contributed by atoms with Crippen LogP contribution in [0.4, 0.5) is 4.39 Å². The molecule has 1 aliphatic carbocycles. The Hall–Kier alpha value is -2.76. The van der Waals surface area contributed by atoms with Crippen molar-refractivity contribution in [2.75, 3.05) is 19.6 Å². The fraction of sp³-hybridized carbons (Fsp3) is 0.458. The monoisotopic (exact) mass is 409 g/mol. The number of hydrogen-bond donors (Lipinski definition) is 1. The Morgan fingerprint density at radius 3 is 2.70 bits per heavy atom. The summed E-state index contributed by atoms with van der Waals surface area (Å²) < 4.78 is 13.7. The van der Waals surface area contributed by atoms with Gasteiger partial charge in [-0.15, -0.1) is 0 Å². The fourth-order valence-electron chi connectivity index (χ4n) is 4.22. The predicted molar refractivity (Wildman–Crippen MR) is 112 cm³/mol. The lowest BCUT2D eigenvalue weighted by Crippen LogP contribution is -2.48. The molecule has 1 aromatic heterocycles. The van der Waals surface area contributed by atoms with Crippen molar-refractivity contribution in [2.45, 2.75) is 38.5 Å². The van der Waals surface area contributed by atoms with Crippen LogP contribution >= 0.6 is 0 Å². The van der Waals surface area contributed by atoms with Gasteiger partial charge in [-0.1, -0.05) is 18.2 Å². The topological polar surface area (TPSA) is 62.3 Å². The fourth-order valence-corrected chi connectivity index (χ4v) is 4.22. The molecule has 2 unspecified atom stereocenters. The van der Waals surface area contributed by atoms with Crippen molar-refractivity contribution < 1.29 is 14.0 Å². The SMILES string of the molecule is Cc1cc(C2CC(C(=O)NCCc3ccccn3)CN(C(=O)C3CC3)C2)ccc1F. The third-order valence-corrected chi connectivity index (χ3v) is 6.12. The van der Waals surface area contributed by atoms with Crippen LogP contribution in [-0.2, 0) is 16.0 Å². The molecular formula is C24H28FN3O2. The van der Waals surface area contributed by atoms with E-state index in [2.05, 4.69) is 10.3 Å². The lowest BCUT2D eigenvalue weighted by molar-refractivity contribution is -0.137. The van der Waals surface area contributed by atoms with E-state index in [9.17, 15) is 14.0 Å². The number of carbonyl (C=O) groups is 2. The van der Waals surface area contributed by atoms with Crippen LogP contribution < -0.4 is 5.32 Å². The quantitative estimate of drug-likeness (QED) is 0.797. The molecule has 1 aromatic carbocycles. The van der Waals surface area contributed by atoms with E-state index >= 15 is 0 Å². The Morgan fingerprint density at radius 1 is 1.17 bits per heavy atom. The Morgan fingerprint density at radius 2 is 2.00 bits per heavy atom. The highest BCUT2D eigenvalue weighted by Crippen LogP contribution is 2.36. The van der Waals surface area contributed by atoms with E-state index in [0.29, 0.717) is 38.0 Å². The van der Waals surface area contributed by atoms with E-state index < -0.39 is 0 Å². The highest BCUT2D eigenvalue weighted by molar-refractivity contribution is 5.83. The van der Waals surface area contributed by atoms with Crippen LogP contribution in [-0.4, -0.2) is 41.3 Å². The second-order valence-corrected chi connectivity index (χ2v) is 8.52. The summed E-state index contributed by atoms with van der Waals surface area (Å²) in [6.45, 7) is 3.32. The summed E-state index contributed by atoms with van der Waals surface area (Å²) in [7, 11) is 0. The molecule has 0 spiro atoms. The zero-order chi connectivity index (χ0) is 21.1. The number of nitrogens with zero attached hydrogens (tertiary/aromatic N) is 2.